The summed E-state index contributed by atoms with van der Waals surface area (Å²) in [7, 11) is 0. The Hall–Kier alpha value is -6.40. The topological polar surface area (TPSA) is 80.9 Å². The van der Waals surface area contributed by atoms with Gasteiger partial charge in [0.25, 0.3) is 0 Å². The van der Waals surface area contributed by atoms with Crippen molar-refractivity contribution in [2.24, 2.45) is 21.7 Å². The van der Waals surface area contributed by atoms with E-state index in [4.69, 9.17) is 0 Å². The SMILES string of the molecule is CC1=CC(O)CC(C)(C)/C1=C/C=C(C)/C=C/C=C(C)/C=C/C=C/C(C)=C/C=C/C(C)=C/C=C1\C(C)=CC(O)CC1(C)C.CC1=C[C@@H](O)CC(C)(C)/C1=C/C=C(C)/C=C/C=C(C)/C=C/C=C/C(C)=C/C=C/C(C)=C/C=C1\C(C)=C[C@@H](O)CC1(C)C. The fourth-order valence-electron chi connectivity index (χ4n) is 11.4. The molecular formula is C80H108O4. The van der Waals surface area contributed by atoms with E-state index < -0.39 is 0 Å². The third-order valence-electron chi connectivity index (χ3n) is 15.8. The van der Waals surface area contributed by atoms with E-state index in [2.05, 4.69) is 309 Å². The first kappa shape index (κ1) is 71.9. The summed E-state index contributed by atoms with van der Waals surface area (Å²) in [6.07, 6.45) is 68.9. The lowest BCUT2D eigenvalue weighted by molar-refractivity contribution is 0.160. The Morgan fingerprint density at radius 1 is 0.286 bits per heavy atom. The first-order chi connectivity index (χ1) is 39.2. The molecule has 0 radical (unpaired) electrons. The van der Waals surface area contributed by atoms with Crippen LogP contribution in [0.1, 0.15) is 164 Å². The minimum atomic E-state index is -0.352. The number of aliphatic hydroxyl groups is 4. The van der Waals surface area contributed by atoms with Crippen LogP contribution in [0, 0.1) is 21.7 Å². The molecule has 4 rings (SSSR count). The van der Waals surface area contributed by atoms with Crippen molar-refractivity contribution in [3.63, 3.8) is 0 Å². The third-order valence-corrected chi connectivity index (χ3v) is 15.8. The van der Waals surface area contributed by atoms with E-state index in [0.717, 1.165) is 48.0 Å². The average molecular weight is 1130 g/mol. The van der Waals surface area contributed by atoms with Gasteiger partial charge in [0.2, 0.25) is 0 Å². The van der Waals surface area contributed by atoms with E-state index in [1.165, 1.54) is 66.9 Å². The van der Waals surface area contributed by atoms with Crippen LogP contribution < -0.4 is 0 Å². The van der Waals surface area contributed by atoms with Crippen molar-refractivity contribution in [1.29, 1.82) is 0 Å². The molecule has 4 aliphatic rings. The largest absolute Gasteiger partial charge is 0.389 e. The van der Waals surface area contributed by atoms with Crippen molar-refractivity contribution < 1.29 is 20.4 Å². The van der Waals surface area contributed by atoms with Crippen LogP contribution in [0.5, 0.6) is 0 Å². The summed E-state index contributed by atoms with van der Waals surface area (Å²) in [5, 5.41) is 40.2. The van der Waals surface area contributed by atoms with E-state index in [9.17, 15) is 20.4 Å². The highest BCUT2D eigenvalue weighted by Crippen LogP contribution is 2.43. The van der Waals surface area contributed by atoms with Gasteiger partial charge in [-0.05, 0) is 175 Å². The molecule has 0 aromatic heterocycles. The summed E-state index contributed by atoms with van der Waals surface area (Å²) in [5.41, 5.74) is 19.2. The third kappa shape index (κ3) is 25.8. The van der Waals surface area contributed by atoms with Gasteiger partial charge in [-0.15, -0.1) is 0 Å². The molecule has 0 heterocycles. The van der Waals surface area contributed by atoms with E-state index in [-0.39, 0.29) is 46.1 Å². The molecule has 0 spiro atoms. The zero-order valence-electron chi connectivity index (χ0n) is 55.4. The van der Waals surface area contributed by atoms with Gasteiger partial charge in [-0.1, -0.05) is 294 Å². The van der Waals surface area contributed by atoms with Gasteiger partial charge in [0, 0.05) is 0 Å². The van der Waals surface area contributed by atoms with E-state index >= 15 is 0 Å². The Balaban J connectivity index is 0.000000440. The second-order valence-corrected chi connectivity index (χ2v) is 26.5. The number of hydrogen-bond acceptors (Lipinski definition) is 4. The van der Waals surface area contributed by atoms with Crippen LogP contribution in [0.15, 0.2) is 284 Å². The Kier molecular flexibility index (Phi) is 29.0. The second kappa shape index (κ2) is 33.9. The van der Waals surface area contributed by atoms with E-state index in [1.54, 1.807) is 0 Å². The summed E-state index contributed by atoms with van der Waals surface area (Å²) >= 11 is 0. The molecule has 4 N–H and O–H groups in total. The van der Waals surface area contributed by atoms with Gasteiger partial charge in [-0.3, -0.25) is 0 Å². The van der Waals surface area contributed by atoms with E-state index in [1.807, 2.05) is 24.3 Å². The zero-order chi connectivity index (χ0) is 63.0. The molecule has 84 heavy (non-hydrogen) atoms. The molecule has 452 valence electrons. The van der Waals surface area contributed by atoms with Gasteiger partial charge in [-0.25, -0.2) is 0 Å². The maximum absolute atomic E-state index is 10.0. The normalized spacial score (nSPS) is 26.4. The molecule has 0 aliphatic heterocycles. The Morgan fingerprint density at radius 2 is 0.440 bits per heavy atom. The first-order valence-corrected chi connectivity index (χ1v) is 30.3. The lowest BCUT2D eigenvalue weighted by Crippen LogP contribution is -2.27. The van der Waals surface area contributed by atoms with Gasteiger partial charge in [0.05, 0.1) is 24.4 Å². The van der Waals surface area contributed by atoms with Crippen LogP contribution in [-0.4, -0.2) is 44.8 Å². The van der Waals surface area contributed by atoms with Crippen molar-refractivity contribution in [1.82, 2.24) is 0 Å². The molecule has 4 heteroatoms. The number of hydrogen-bond donors (Lipinski definition) is 4. The minimum Gasteiger partial charge on any atom is -0.389 e. The number of rotatable bonds is 18. The van der Waals surface area contributed by atoms with Gasteiger partial charge in [-0.2, -0.15) is 0 Å². The van der Waals surface area contributed by atoms with Crippen LogP contribution in [0.3, 0.4) is 0 Å². The molecule has 2 unspecified atom stereocenters. The molecular weight excluding hydrogens is 1020 g/mol. The number of allylic oxidation sites excluding steroid dienone is 44. The minimum absolute atomic E-state index is 0.0267. The van der Waals surface area contributed by atoms with Crippen molar-refractivity contribution in [3.05, 3.63) is 284 Å². The van der Waals surface area contributed by atoms with Gasteiger partial charge >= 0.3 is 0 Å². The summed E-state index contributed by atoms with van der Waals surface area (Å²) in [6, 6.07) is 0. The predicted octanol–water partition coefficient (Wildman–Crippen LogP) is 20.6. The quantitative estimate of drug-likeness (QED) is 0.103. The maximum Gasteiger partial charge on any atom is 0.0734 e. The maximum atomic E-state index is 10.0. The Labute approximate surface area is 511 Å². The second-order valence-electron chi connectivity index (χ2n) is 26.5. The zero-order valence-corrected chi connectivity index (χ0v) is 55.4. The van der Waals surface area contributed by atoms with Crippen molar-refractivity contribution in [2.45, 2.75) is 189 Å². The average Bonchev–Trinajstić information content (AvgIpc) is 2.46. The fourth-order valence-corrected chi connectivity index (χ4v) is 11.4. The molecule has 0 saturated heterocycles. The van der Waals surface area contributed by atoms with Crippen LogP contribution in [0.2, 0.25) is 0 Å². The molecule has 0 aromatic carbocycles. The molecule has 0 aromatic rings. The molecule has 0 amide bonds. The lowest BCUT2D eigenvalue weighted by Gasteiger charge is -2.34. The fraction of sp³-hybridized carbons (Fsp3) is 0.400. The van der Waals surface area contributed by atoms with Crippen LogP contribution in [0.25, 0.3) is 0 Å². The highest BCUT2D eigenvalue weighted by molar-refractivity contribution is 5.46. The molecule has 4 nitrogen and oxygen atoms in total. The molecule has 0 saturated carbocycles. The highest BCUT2D eigenvalue weighted by Gasteiger charge is 2.33. The van der Waals surface area contributed by atoms with Crippen molar-refractivity contribution in [2.75, 3.05) is 0 Å². The summed E-state index contributed by atoms with van der Waals surface area (Å²) in [6.45, 7) is 42.7. The Bertz CT molecular complexity index is 2670. The van der Waals surface area contributed by atoms with Crippen LogP contribution in [-0.2, 0) is 0 Å². The molecule has 4 aliphatic carbocycles. The summed E-state index contributed by atoms with van der Waals surface area (Å²) in [5.74, 6) is 0. The molecule has 0 bridgehead atoms. The van der Waals surface area contributed by atoms with Gasteiger partial charge < -0.3 is 20.4 Å². The molecule has 0 fully saturated rings. The Morgan fingerprint density at radius 3 is 0.607 bits per heavy atom. The van der Waals surface area contributed by atoms with E-state index in [0.29, 0.717) is 0 Å². The van der Waals surface area contributed by atoms with Crippen LogP contribution >= 0.6 is 0 Å². The monoisotopic (exact) mass is 1130 g/mol. The summed E-state index contributed by atoms with van der Waals surface area (Å²) < 4.78 is 0. The lowest BCUT2D eigenvalue weighted by atomic mass is 9.72. The standard InChI is InChI=1S/2C40H54O2/c2*1-29(17-13-19-31(3)21-23-37-33(5)25-35(41)27-39(37,7)8)15-11-12-16-30(2)18-14-20-32(4)22-24-38-34(6)26-36(42)28-40(38,9)10/h2*11-26,35-36,41-42H,27-28H2,1-10H3/b2*15-11+,16-12+,19-13+,20-14+,29-17+,30-18+,31-21+,32-22+,37-23+,38-24+/t35-,36-;/m1./s1. The summed E-state index contributed by atoms with van der Waals surface area (Å²) in [4.78, 5) is 0. The van der Waals surface area contributed by atoms with Crippen molar-refractivity contribution >= 4 is 0 Å². The van der Waals surface area contributed by atoms with Gasteiger partial charge in [0.1, 0.15) is 0 Å². The first-order valence-electron chi connectivity index (χ1n) is 30.3. The van der Waals surface area contributed by atoms with Gasteiger partial charge in [0.15, 0.2) is 0 Å². The highest BCUT2D eigenvalue weighted by atomic mass is 16.3. The predicted molar refractivity (Wildman–Crippen MR) is 368 cm³/mol. The molecule has 4 atom stereocenters. The number of aliphatic hydroxyl groups excluding tert-OH is 4. The van der Waals surface area contributed by atoms with Crippen LogP contribution in [0.4, 0.5) is 0 Å². The van der Waals surface area contributed by atoms with Crippen molar-refractivity contribution in [3.8, 4) is 0 Å². The smallest absolute Gasteiger partial charge is 0.0734 e.